The van der Waals surface area contributed by atoms with Gasteiger partial charge in [-0.3, -0.25) is 0 Å². The maximum Gasteiger partial charge on any atom is 0.187 e. The van der Waals surface area contributed by atoms with Crippen LogP contribution in [0.25, 0.3) is 0 Å². The van der Waals surface area contributed by atoms with E-state index in [0.717, 1.165) is 35.6 Å². The zero-order valence-electron chi connectivity index (χ0n) is 10.6. The molecule has 0 aliphatic carbocycles. The highest BCUT2D eigenvalue weighted by molar-refractivity contribution is 5.52. The van der Waals surface area contributed by atoms with Gasteiger partial charge in [0.2, 0.25) is 0 Å². The monoisotopic (exact) mass is 277 g/mol. The molecule has 0 saturated carbocycles. The fourth-order valence-corrected chi connectivity index (χ4v) is 2.22. The smallest absolute Gasteiger partial charge is 0.187 e. The lowest BCUT2D eigenvalue weighted by Crippen LogP contribution is -2.01. The summed E-state index contributed by atoms with van der Waals surface area (Å²) < 4.78 is 31.8. The molecule has 1 aliphatic heterocycles. The molecule has 3 nitrogen and oxygen atoms in total. The molecule has 1 heterocycles. The first kappa shape index (κ1) is 12.7. The third-order valence-electron chi connectivity index (χ3n) is 3.26. The zero-order valence-corrected chi connectivity index (χ0v) is 10.6. The number of rotatable bonds is 3. The Bertz CT molecular complexity index is 635. The van der Waals surface area contributed by atoms with Gasteiger partial charge in [0.05, 0.1) is 6.61 Å². The average molecular weight is 277 g/mol. The summed E-state index contributed by atoms with van der Waals surface area (Å²) in [6, 6.07) is 7.93. The number of phenols is 1. The Labute approximate surface area is 114 Å². The number of phenolic OH excluding ortho intramolecular Hbond substituents is 1. The number of nitrogens with one attached hydrogen (secondary N) is 1. The summed E-state index contributed by atoms with van der Waals surface area (Å²) >= 11 is 0. The van der Waals surface area contributed by atoms with Crippen LogP contribution >= 0.6 is 0 Å². The number of fused-ring (bicyclic) bond motifs is 1. The van der Waals surface area contributed by atoms with E-state index in [0.29, 0.717) is 12.2 Å². The molecule has 20 heavy (non-hydrogen) atoms. The van der Waals surface area contributed by atoms with E-state index in [1.807, 2.05) is 18.2 Å². The molecule has 3 rings (SSSR count). The number of halogens is 2. The molecule has 2 N–H and O–H groups in total. The van der Waals surface area contributed by atoms with E-state index in [1.54, 1.807) is 0 Å². The SMILES string of the molecule is Oc1c(F)cc(CNc2ccc3c(c2)CCO3)cc1F. The number of ether oxygens (including phenoxy) is 1. The molecule has 0 amide bonds. The molecular formula is C15H13F2NO2. The molecule has 0 spiro atoms. The molecule has 0 saturated heterocycles. The van der Waals surface area contributed by atoms with E-state index in [4.69, 9.17) is 9.84 Å². The van der Waals surface area contributed by atoms with E-state index >= 15 is 0 Å². The van der Waals surface area contributed by atoms with Crippen LogP contribution < -0.4 is 10.1 Å². The van der Waals surface area contributed by atoms with Gasteiger partial charge in [-0.05, 0) is 41.5 Å². The molecular weight excluding hydrogens is 264 g/mol. The molecule has 2 aromatic rings. The summed E-state index contributed by atoms with van der Waals surface area (Å²) in [6.45, 7) is 0.959. The van der Waals surface area contributed by atoms with Crippen molar-refractivity contribution in [2.24, 2.45) is 0 Å². The molecule has 2 aromatic carbocycles. The van der Waals surface area contributed by atoms with Crippen molar-refractivity contribution < 1.29 is 18.6 Å². The van der Waals surface area contributed by atoms with Crippen LogP contribution in [0.4, 0.5) is 14.5 Å². The second kappa shape index (κ2) is 5.00. The van der Waals surface area contributed by atoms with E-state index in [2.05, 4.69) is 5.32 Å². The topological polar surface area (TPSA) is 41.5 Å². The number of anilines is 1. The predicted molar refractivity (Wildman–Crippen MR) is 71.0 cm³/mol. The third kappa shape index (κ3) is 2.39. The Morgan fingerprint density at radius 2 is 1.90 bits per heavy atom. The number of aromatic hydroxyl groups is 1. The predicted octanol–water partition coefficient (Wildman–Crippen LogP) is 3.22. The minimum atomic E-state index is -0.954. The standard InChI is InChI=1S/C15H13F2NO2/c16-12-5-9(6-13(17)15(12)19)8-18-11-1-2-14-10(7-11)3-4-20-14/h1-2,5-7,18-19H,3-4,8H2. The van der Waals surface area contributed by atoms with Gasteiger partial charge in [-0.15, -0.1) is 0 Å². The van der Waals surface area contributed by atoms with E-state index < -0.39 is 17.4 Å². The minimum absolute atomic E-state index is 0.272. The van der Waals surface area contributed by atoms with Crippen LogP contribution in [0.5, 0.6) is 11.5 Å². The van der Waals surface area contributed by atoms with Crippen LogP contribution in [0, 0.1) is 11.6 Å². The first-order chi connectivity index (χ1) is 9.63. The van der Waals surface area contributed by atoms with Crippen LogP contribution in [-0.2, 0) is 13.0 Å². The molecule has 0 unspecified atom stereocenters. The maximum atomic E-state index is 13.2. The number of hydrogen-bond donors (Lipinski definition) is 2. The van der Waals surface area contributed by atoms with Gasteiger partial charge < -0.3 is 15.2 Å². The Morgan fingerprint density at radius 3 is 2.65 bits per heavy atom. The molecule has 0 radical (unpaired) electrons. The molecule has 0 bridgehead atoms. The second-order valence-corrected chi connectivity index (χ2v) is 4.68. The Balaban J connectivity index is 1.73. The number of hydrogen-bond acceptors (Lipinski definition) is 3. The lowest BCUT2D eigenvalue weighted by Gasteiger charge is -2.09. The van der Waals surface area contributed by atoms with Crippen molar-refractivity contribution in [2.45, 2.75) is 13.0 Å². The summed E-state index contributed by atoms with van der Waals surface area (Å²) in [7, 11) is 0. The first-order valence-electron chi connectivity index (χ1n) is 6.30. The second-order valence-electron chi connectivity index (χ2n) is 4.68. The van der Waals surface area contributed by atoms with E-state index in [1.165, 1.54) is 0 Å². The van der Waals surface area contributed by atoms with Gasteiger partial charge in [-0.25, -0.2) is 8.78 Å². The van der Waals surface area contributed by atoms with Gasteiger partial charge in [0, 0.05) is 18.7 Å². The Hall–Kier alpha value is -2.30. The van der Waals surface area contributed by atoms with Crippen molar-refractivity contribution in [1.29, 1.82) is 0 Å². The molecule has 0 fully saturated rings. The van der Waals surface area contributed by atoms with Crippen molar-refractivity contribution in [1.82, 2.24) is 0 Å². The number of benzene rings is 2. The summed E-state index contributed by atoms with van der Waals surface area (Å²) in [4.78, 5) is 0. The van der Waals surface area contributed by atoms with Crippen molar-refractivity contribution in [3.8, 4) is 11.5 Å². The highest BCUT2D eigenvalue weighted by Crippen LogP contribution is 2.28. The third-order valence-corrected chi connectivity index (χ3v) is 3.26. The lowest BCUT2D eigenvalue weighted by molar-refractivity contribution is 0.357. The minimum Gasteiger partial charge on any atom is -0.503 e. The molecule has 0 aromatic heterocycles. The van der Waals surface area contributed by atoms with Crippen molar-refractivity contribution in [3.05, 3.63) is 53.1 Å². The van der Waals surface area contributed by atoms with Crippen LogP contribution in [0.15, 0.2) is 30.3 Å². The van der Waals surface area contributed by atoms with Crippen LogP contribution in [0.1, 0.15) is 11.1 Å². The van der Waals surface area contributed by atoms with Gasteiger partial charge in [-0.1, -0.05) is 0 Å². The fourth-order valence-electron chi connectivity index (χ4n) is 2.22. The summed E-state index contributed by atoms with van der Waals surface area (Å²) in [6.07, 6.45) is 0.868. The molecule has 104 valence electrons. The van der Waals surface area contributed by atoms with Gasteiger partial charge in [-0.2, -0.15) is 0 Å². The zero-order chi connectivity index (χ0) is 14.1. The highest BCUT2D eigenvalue weighted by Gasteiger charge is 2.12. The molecule has 5 heteroatoms. The van der Waals surface area contributed by atoms with Crippen LogP contribution in [0.3, 0.4) is 0 Å². The fraction of sp³-hybridized carbons (Fsp3) is 0.200. The highest BCUT2D eigenvalue weighted by atomic mass is 19.1. The van der Waals surface area contributed by atoms with Crippen LogP contribution in [0.2, 0.25) is 0 Å². The molecule has 0 atom stereocenters. The van der Waals surface area contributed by atoms with Gasteiger partial charge in [0.15, 0.2) is 17.4 Å². The summed E-state index contributed by atoms with van der Waals surface area (Å²) in [5.41, 5.74) is 2.41. The van der Waals surface area contributed by atoms with Crippen LogP contribution in [-0.4, -0.2) is 11.7 Å². The van der Waals surface area contributed by atoms with Crippen molar-refractivity contribution in [3.63, 3.8) is 0 Å². The largest absolute Gasteiger partial charge is 0.503 e. The van der Waals surface area contributed by atoms with Crippen molar-refractivity contribution in [2.75, 3.05) is 11.9 Å². The normalized spacial score (nSPS) is 12.9. The lowest BCUT2D eigenvalue weighted by atomic mass is 10.1. The molecule has 1 aliphatic rings. The summed E-state index contributed by atoms with van der Waals surface area (Å²) in [5.74, 6) is -1.96. The van der Waals surface area contributed by atoms with Crippen molar-refractivity contribution >= 4 is 5.69 Å². The van der Waals surface area contributed by atoms with Gasteiger partial charge in [0.25, 0.3) is 0 Å². The van der Waals surface area contributed by atoms with Gasteiger partial charge >= 0.3 is 0 Å². The van der Waals surface area contributed by atoms with Gasteiger partial charge in [0.1, 0.15) is 5.75 Å². The maximum absolute atomic E-state index is 13.2. The Kier molecular flexibility index (Phi) is 3.18. The summed E-state index contributed by atoms with van der Waals surface area (Å²) in [5, 5.41) is 12.1. The first-order valence-corrected chi connectivity index (χ1v) is 6.30. The van der Waals surface area contributed by atoms with E-state index in [-0.39, 0.29) is 6.54 Å². The van der Waals surface area contributed by atoms with E-state index in [9.17, 15) is 8.78 Å². The Morgan fingerprint density at radius 1 is 1.15 bits per heavy atom. The average Bonchev–Trinajstić information content (AvgIpc) is 2.89. The quantitative estimate of drug-likeness (QED) is 0.905.